The maximum atomic E-state index is 14.3. The molecule has 3 heterocycles. The Balaban J connectivity index is 1.55. The smallest absolute Gasteiger partial charge is 0.248 e. The summed E-state index contributed by atoms with van der Waals surface area (Å²) in [5, 5.41) is 40.9. The zero-order valence-electron chi connectivity index (χ0n) is 24.7. The Morgan fingerprint density at radius 2 is 1.64 bits per heavy atom. The van der Waals surface area contributed by atoms with Crippen molar-refractivity contribution in [1.29, 1.82) is 0 Å². The SMILES string of the molecule is CO[C@H]1C[SH](C(c2nc(C)c(C)nc2C)C2(O)CCC(F)(F)CC2)[C@H](CO)[C@H](O)[C@@H]1n1cc(-c2cc(F)c(F)c(F)c2)nn1. The average Bonchev–Trinajstić information content (AvgIpc) is 3.45. The molecular formula is C29H36F5N5O4S. The highest BCUT2D eigenvalue weighted by Gasteiger charge is 2.55. The third-order valence-electron chi connectivity index (χ3n) is 8.99. The summed E-state index contributed by atoms with van der Waals surface area (Å²) in [6.45, 7) is 4.79. The van der Waals surface area contributed by atoms with Crippen LogP contribution in [0.1, 0.15) is 59.8 Å². The number of ether oxygens (including phenoxy) is 1. The Kier molecular flexibility index (Phi) is 9.08. The van der Waals surface area contributed by atoms with Crippen molar-refractivity contribution in [2.45, 2.75) is 86.7 Å². The first-order chi connectivity index (χ1) is 20.7. The van der Waals surface area contributed by atoms with Gasteiger partial charge in [-0.3, -0.25) is 9.97 Å². The van der Waals surface area contributed by atoms with Crippen LogP contribution in [0.25, 0.3) is 11.3 Å². The van der Waals surface area contributed by atoms with Crippen LogP contribution in [0.2, 0.25) is 0 Å². The number of aryl methyl sites for hydroxylation is 3. The third-order valence-corrected chi connectivity index (χ3v) is 12.5. The van der Waals surface area contributed by atoms with E-state index < -0.39 is 88.1 Å². The van der Waals surface area contributed by atoms with E-state index in [1.807, 2.05) is 0 Å². The Morgan fingerprint density at radius 1 is 1.02 bits per heavy atom. The van der Waals surface area contributed by atoms with E-state index in [1.54, 1.807) is 20.8 Å². The van der Waals surface area contributed by atoms with Crippen LogP contribution >= 0.6 is 10.9 Å². The lowest BCUT2D eigenvalue weighted by atomic mass is 9.79. The summed E-state index contributed by atoms with van der Waals surface area (Å²) >= 11 is 0. The molecule has 1 aliphatic carbocycles. The number of aromatic nitrogens is 5. The van der Waals surface area contributed by atoms with Crippen LogP contribution in [0.5, 0.6) is 0 Å². The first-order valence-electron chi connectivity index (χ1n) is 14.3. The van der Waals surface area contributed by atoms with Gasteiger partial charge in [0.05, 0.1) is 58.6 Å². The van der Waals surface area contributed by atoms with Gasteiger partial charge in [-0.1, -0.05) is 5.21 Å². The molecule has 0 spiro atoms. The van der Waals surface area contributed by atoms with Gasteiger partial charge in [0.25, 0.3) is 0 Å². The van der Waals surface area contributed by atoms with Crippen LogP contribution in [0, 0.1) is 38.2 Å². The number of aliphatic hydroxyl groups excluding tert-OH is 2. The van der Waals surface area contributed by atoms with E-state index in [4.69, 9.17) is 9.72 Å². The molecule has 1 aliphatic heterocycles. The normalized spacial score (nSPS) is 28.1. The van der Waals surface area contributed by atoms with Crippen LogP contribution in [0.3, 0.4) is 0 Å². The first kappa shape index (κ1) is 32.7. The molecule has 6 atom stereocenters. The average molecular weight is 646 g/mol. The molecule has 0 radical (unpaired) electrons. The molecule has 44 heavy (non-hydrogen) atoms. The molecule has 1 saturated heterocycles. The maximum absolute atomic E-state index is 14.3. The van der Waals surface area contributed by atoms with Crippen LogP contribution in [-0.4, -0.2) is 88.7 Å². The molecule has 3 N–H and O–H groups in total. The van der Waals surface area contributed by atoms with E-state index in [-0.39, 0.29) is 29.9 Å². The van der Waals surface area contributed by atoms with Gasteiger partial charge in [-0.2, -0.15) is 0 Å². The lowest BCUT2D eigenvalue weighted by molar-refractivity contribution is -0.105. The molecule has 5 rings (SSSR count). The fourth-order valence-electron chi connectivity index (χ4n) is 6.44. The molecule has 2 fully saturated rings. The van der Waals surface area contributed by atoms with Crippen LogP contribution < -0.4 is 0 Å². The summed E-state index contributed by atoms with van der Waals surface area (Å²) in [7, 11) is -0.169. The van der Waals surface area contributed by atoms with Gasteiger partial charge in [-0.05, 0) is 45.7 Å². The maximum Gasteiger partial charge on any atom is 0.248 e. The molecular weight excluding hydrogens is 609 g/mol. The largest absolute Gasteiger partial charge is 0.395 e. The molecule has 2 aliphatic rings. The van der Waals surface area contributed by atoms with Crippen molar-refractivity contribution in [3.63, 3.8) is 0 Å². The van der Waals surface area contributed by atoms with Crippen molar-refractivity contribution in [3.8, 4) is 11.3 Å². The van der Waals surface area contributed by atoms with Gasteiger partial charge >= 0.3 is 0 Å². The van der Waals surface area contributed by atoms with E-state index >= 15 is 0 Å². The number of rotatable bonds is 7. The number of thiol groups is 1. The summed E-state index contributed by atoms with van der Waals surface area (Å²) in [6, 6.07) is 0.629. The molecule has 0 bridgehead atoms. The van der Waals surface area contributed by atoms with Gasteiger partial charge in [0.2, 0.25) is 5.92 Å². The Labute approximate surface area is 253 Å². The van der Waals surface area contributed by atoms with Crippen LogP contribution in [0.4, 0.5) is 22.0 Å². The minimum Gasteiger partial charge on any atom is -0.395 e. The Morgan fingerprint density at radius 3 is 2.23 bits per heavy atom. The van der Waals surface area contributed by atoms with Gasteiger partial charge in [-0.15, -0.1) is 5.10 Å². The predicted octanol–water partition coefficient (Wildman–Crippen LogP) is 4.05. The molecule has 2 unspecified atom stereocenters. The second kappa shape index (κ2) is 12.2. The third kappa shape index (κ3) is 5.96. The fourth-order valence-corrected chi connectivity index (χ4v) is 10.3. The summed E-state index contributed by atoms with van der Waals surface area (Å²) < 4.78 is 77.0. The molecule has 9 nitrogen and oxygen atoms in total. The molecule has 2 aromatic heterocycles. The second-order valence-electron chi connectivity index (χ2n) is 11.8. The molecule has 242 valence electrons. The van der Waals surface area contributed by atoms with Gasteiger partial charge in [-0.25, -0.2) is 37.5 Å². The number of aliphatic hydroxyl groups is 3. The number of hydrogen-bond donors (Lipinski definition) is 4. The predicted molar refractivity (Wildman–Crippen MR) is 153 cm³/mol. The lowest BCUT2D eigenvalue weighted by Gasteiger charge is -2.53. The molecule has 3 aromatic rings. The molecule has 0 amide bonds. The Bertz CT molecular complexity index is 1490. The number of benzene rings is 1. The number of hydrogen-bond acceptors (Lipinski definition) is 8. The van der Waals surface area contributed by atoms with E-state index in [1.165, 1.54) is 18.0 Å². The van der Waals surface area contributed by atoms with E-state index in [0.717, 1.165) is 12.1 Å². The highest BCUT2D eigenvalue weighted by molar-refractivity contribution is 8.18. The zero-order chi connectivity index (χ0) is 32.1. The highest BCUT2D eigenvalue weighted by Crippen LogP contribution is 2.61. The van der Waals surface area contributed by atoms with Gasteiger partial charge < -0.3 is 20.1 Å². The number of methoxy groups -OCH3 is 1. The topological polar surface area (TPSA) is 126 Å². The minimum absolute atomic E-state index is 0.00888. The van der Waals surface area contributed by atoms with Gasteiger partial charge in [0, 0.05) is 36.5 Å². The summed E-state index contributed by atoms with van der Waals surface area (Å²) in [6.07, 6.45) is -2.19. The fraction of sp³-hybridized carbons (Fsp3) is 0.586. The highest BCUT2D eigenvalue weighted by atomic mass is 32.2. The summed E-state index contributed by atoms with van der Waals surface area (Å²) in [4.78, 5) is 9.37. The van der Waals surface area contributed by atoms with Gasteiger partial charge in [0.1, 0.15) is 11.7 Å². The standard InChI is InChI=1S/C29H36F5N5O4S/c1-14-15(2)36-24(16(3)35-14)27(28(42)5-7-29(33,34)8-6-28)44-13-21(43-4)25(26(41)22(44)12-40)39-11-20(37-38-39)17-9-18(30)23(32)19(31)10-17/h9-11,21-22,25-27,40-42,44H,5-8,12-13H2,1-4H3/t21-,22+,25+,26-,27?/m0/s1. The van der Waals surface area contributed by atoms with Crippen molar-refractivity contribution in [3.05, 3.63) is 58.6 Å². The lowest BCUT2D eigenvalue weighted by Crippen LogP contribution is -2.54. The van der Waals surface area contributed by atoms with E-state index in [2.05, 4.69) is 15.3 Å². The minimum atomic E-state index is -2.92. The first-order valence-corrected chi connectivity index (χ1v) is 15.9. The number of alkyl halides is 2. The van der Waals surface area contributed by atoms with Crippen LogP contribution in [-0.2, 0) is 4.74 Å². The monoisotopic (exact) mass is 645 g/mol. The van der Waals surface area contributed by atoms with Crippen molar-refractivity contribution < 1.29 is 42.0 Å². The number of nitrogens with zero attached hydrogens (tertiary/aromatic N) is 5. The van der Waals surface area contributed by atoms with Crippen molar-refractivity contribution >= 4 is 10.9 Å². The summed E-state index contributed by atoms with van der Waals surface area (Å²) in [5.41, 5.74) is 0.577. The van der Waals surface area contributed by atoms with Crippen molar-refractivity contribution in [2.24, 2.45) is 0 Å². The van der Waals surface area contributed by atoms with Crippen molar-refractivity contribution in [2.75, 3.05) is 19.5 Å². The zero-order valence-corrected chi connectivity index (χ0v) is 25.6. The molecule has 1 saturated carbocycles. The summed E-state index contributed by atoms with van der Waals surface area (Å²) in [5.74, 6) is -7.13. The molecule has 15 heteroatoms. The van der Waals surface area contributed by atoms with Crippen LogP contribution in [0.15, 0.2) is 18.3 Å². The Hall–Kier alpha value is -2.72. The van der Waals surface area contributed by atoms with E-state index in [9.17, 15) is 37.3 Å². The molecule has 1 aromatic carbocycles. The second-order valence-corrected chi connectivity index (χ2v) is 14.3. The van der Waals surface area contributed by atoms with Gasteiger partial charge in [0.15, 0.2) is 17.5 Å². The number of halogens is 5. The quantitative estimate of drug-likeness (QED) is 0.172. The van der Waals surface area contributed by atoms with Crippen molar-refractivity contribution in [1.82, 2.24) is 25.0 Å². The van der Waals surface area contributed by atoms with E-state index in [0.29, 0.717) is 22.8 Å².